The fourth-order valence-corrected chi connectivity index (χ4v) is 4.07. The highest BCUT2D eigenvalue weighted by molar-refractivity contribution is 7.19. The zero-order valence-corrected chi connectivity index (χ0v) is 13.2. The van der Waals surface area contributed by atoms with Crippen LogP contribution in [0.1, 0.15) is 37.6 Å². The summed E-state index contributed by atoms with van der Waals surface area (Å²) in [6.07, 6.45) is 2.74. The third kappa shape index (κ3) is 3.05. The third-order valence-electron chi connectivity index (χ3n) is 4.35. The van der Waals surface area contributed by atoms with Gasteiger partial charge >= 0.3 is 0 Å². The summed E-state index contributed by atoms with van der Waals surface area (Å²) in [4.78, 5) is 4.05. The fourth-order valence-electron chi connectivity index (χ4n) is 2.98. The molecule has 1 N–H and O–H groups in total. The minimum Gasteiger partial charge on any atom is -0.308 e. The minimum absolute atomic E-state index is 0.442. The lowest BCUT2D eigenvalue weighted by molar-refractivity contribution is 0.247. The number of nitrogens with one attached hydrogen (secondary N) is 1. The number of hydrogen-bond donors (Lipinski definition) is 1. The number of hydrogen-bond acceptors (Lipinski definition) is 3. The lowest BCUT2D eigenvalue weighted by Crippen LogP contribution is -2.39. The van der Waals surface area contributed by atoms with Crippen LogP contribution in [0.3, 0.4) is 0 Å². The van der Waals surface area contributed by atoms with Crippen LogP contribution in [0.15, 0.2) is 30.3 Å². The molecule has 1 aliphatic rings. The van der Waals surface area contributed by atoms with Crippen LogP contribution in [-0.4, -0.2) is 30.6 Å². The van der Waals surface area contributed by atoms with Crippen molar-refractivity contribution in [2.75, 3.05) is 19.6 Å². The molecule has 0 radical (unpaired) electrons. The fraction of sp³-hybridized carbons (Fsp3) is 0.529. The first-order chi connectivity index (χ1) is 9.74. The lowest BCUT2D eigenvalue weighted by Gasteiger charge is -2.25. The van der Waals surface area contributed by atoms with Crippen LogP contribution in [0.2, 0.25) is 0 Å². The predicted octanol–water partition coefficient (Wildman–Crippen LogP) is 4.04. The number of fused-ring (bicyclic) bond motifs is 1. The van der Waals surface area contributed by atoms with Crippen LogP contribution in [0.5, 0.6) is 0 Å². The molecule has 0 amide bonds. The molecule has 1 aromatic carbocycles. The first kappa shape index (κ1) is 14.1. The molecule has 2 nitrogen and oxygen atoms in total. The Balaban J connectivity index is 1.59. The van der Waals surface area contributed by atoms with E-state index >= 15 is 0 Å². The van der Waals surface area contributed by atoms with E-state index in [-0.39, 0.29) is 0 Å². The van der Waals surface area contributed by atoms with Gasteiger partial charge in [-0.2, -0.15) is 0 Å². The Morgan fingerprint density at radius 2 is 1.95 bits per heavy atom. The molecule has 1 fully saturated rings. The molecular weight excluding hydrogens is 264 g/mol. The Kier molecular flexibility index (Phi) is 4.39. The number of nitrogens with zero attached hydrogens (tertiary/aromatic N) is 1. The van der Waals surface area contributed by atoms with Gasteiger partial charge in [0.1, 0.15) is 0 Å². The van der Waals surface area contributed by atoms with E-state index in [1.165, 1.54) is 40.9 Å². The van der Waals surface area contributed by atoms with Gasteiger partial charge < -0.3 is 5.32 Å². The molecule has 0 saturated carbocycles. The van der Waals surface area contributed by atoms with Gasteiger partial charge in [-0.25, -0.2) is 0 Å². The SMILES string of the molecule is CC(NCC(C)N1CCCC1)c1cc2ccccc2s1. The number of rotatable bonds is 5. The monoisotopic (exact) mass is 288 g/mol. The van der Waals surface area contributed by atoms with Gasteiger partial charge in [-0.3, -0.25) is 4.90 Å². The summed E-state index contributed by atoms with van der Waals surface area (Å²) in [7, 11) is 0. The van der Waals surface area contributed by atoms with E-state index in [0.29, 0.717) is 12.1 Å². The summed E-state index contributed by atoms with van der Waals surface area (Å²) in [5, 5.41) is 5.07. The van der Waals surface area contributed by atoms with Gasteiger partial charge in [0.25, 0.3) is 0 Å². The Labute approximate surface area is 125 Å². The van der Waals surface area contributed by atoms with Crippen molar-refractivity contribution >= 4 is 21.4 Å². The van der Waals surface area contributed by atoms with Gasteiger partial charge in [0.15, 0.2) is 0 Å². The van der Waals surface area contributed by atoms with E-state index in [1.54, 1.807) is 0 Å². The molecule has 108 valence electrons. The zero-order chi connectivity index (χ0) is 13.9. The van der Waals surface area contributed by atoms with Crippen LogP contribution in [0, 0.1) is 0 Å². The highest BCUT2D eigenvalue weighted by Gasteiger charge is 2.18. The first-order valence-electron chi connectivity index (χ1n) is 7.70. The summed E-state index contributed by atoms with van der Waals surface area (Å²) >= 11 is 1.91. The highest BCUT2D eigenvalue weighted by Crippen LogP contribution is 2.29. The minimum atomic E-state index is 0.442. The Morgan fingerprint density at radius 1 is 1.20 bits per heavy atom. The average Bonchev–Trinajstić information content (AvgIpc) is 3.12. The molecule has 0 bridgehead atoms. The van der Waals surface area contributed by atoms with Crippen LogP contribution < -0.4 is 5.32 Å². The molecule has 0 spiro atoms. The largest absolute Gasteiger partial charge is 0.308 e. The molecule has 20 heavy (non-hydrogen) atoms. The highest BCUT2D eigenvalue weighted by atomic mass is 32.1. The molecule has 2 atom stereocenters. The van der Waals surface area contributed by atoms with Crippen LogP contribution in [0.25, 0.3) is 10.1 Å². The van der Waals surface area contributed by atoms with Crippen molar-refractivity contribution in [3.8, 4) is 0 Å². The zero-order valence-electron chi connectivity index (χ0n) is 12.4. The molecule has 3 rings (SSSR count). The molecule has 1 saturated heterocycles. The molecule has 2 aromatic rings. The van der Waals surface area contributed by atoms with Gasteiger partial charge in [-0.05, 0) is 57.3 Å². The molecule has 1 aliphatic heterocycles. The molecule has 2 unspecified atom stereocenters. The molecular formula is C17H24N2S. The second kappa shape index (κ2) is 6.25. The van der Waals surface area contributed by atoms with Crippen LogP contribution in [0.4, 0.5) is 0 Å². The lowest BCUT2D eigenvalue weighted by atomic mass is 10.2. The van der Waals surface area contributed by atoms with Gasteiger partial charge in [0.05, 0.1) is 0 Å². The molecule has 2 heterocycles. The quantitative estimate of drug-likeness (QED) is 0.893. The van der Waals surface area contributed by atoms with E-state index in [9.17, 15) is 0 Å². The molecule has 0 aliphatic carbocycles. The predicted molar refractivity (Wildman–Crippen MR) is 88.5 cm³/mol. The summed E-state index contributed by atoms with van der Waals surface area (Å²) in [5.41, 5.74) is 0. The van der Waals surface area contributed by atoms with E-state index in [1.807, 2.05) is 11.3 Å². The Hall–Kier alpha value is -0.900. The summed E-state index contributed by atoms with van der Waals surface area (Å²) < 4.78 is 1.39. The summed E-state index contributed by atoms with van der Waals surface area (Å²) in [5.74, 6) is 0. The van der Waals surface area contributed by atoms with Gasteiger partial charge in [-0.1, -0.05) is 18.2 Å². The Morgan fingerprint density at radius 3 is 2.70 bits per heavy atom. The van der Waals surface area contributed by atoms with Gasteiger partial charge in [0, 0.05) is 28.2 Å². The second-order valence-corrected chi connectivity index (χ2v) is 7.02. The maximum Gasteiger partial charge on any atom is 0.0387 e. The maximum absolute atomic E-state index is 3.71. The normalized spacial score (nSPS) is 19.5. The molecule has 3 heteroatoms. The number of thiophene rings is 1. The molecule has 1 aromatic heterocycles. The smallest absolute Gasteiger partial charge is 0.0387 e. The standard InChI is InChI=1S/C17H24N2S/c1-13(19-9-5-6-10-19)12-18-14(2)17-11-15-7-3-4-8-16(15)20-17/h3-4,7-8,11,13-14,18H,5-6,9-10,12H2,1-2H3. The van der Waals surface area contributed by atoms with Crippen LogP contribution in [-0.2, 0) is 0 Å². The Bertz CT molecular complexity index is 524. The first-order valence-corrected chi connectivity index (χ1v) is 8.51. The van der Waals surface area contributed by atoms with Crippen molar-refractivity contribution in [1.29, 1.82) is 0 Å². The van der Waals surface area contributed by atoms with E-state index in [0.717, 1.165) is 6.54 Å². The van der Waals surface area contributed by atoms with Gasteiger partial charge in [-0.15, -0.1) is 11.3 Å². The van der Waals surface area contributed by atoms with Crippen molar-refractivity contribution in [3.05, 3.63) is 35.2 Å². The van der Waals surface area contributed by atoms with E-state index < -0.39 is 0 Å². The topological polar surface area (TPSA) is 15.3 Å². The number of benzene rings is 1. The van der Waals surface area contributed by atoms with Crippen molar-refractivity contribution < 1.29 is 0 Å². The van der Waals surface area contributed by atoms with Crippen molar-refractivity contribution in [3.63, 3.8) is 0 Å². The summed E-state index contributed by atoms with van der Waals surface area (Å²) in [6, 6.07) is 12.1. The van der Waals surface area contributed by atoms with Crippen molar-refractivity contribution in [2.24, 2.45) is 0 Å². The van der Waals surface area contributed by atoms with Crippen molar-refractivity contribution in [1.82, 2.24) is 10.2 Å². The third-order valence-corrected chi connectivity index (χ3v) is 5.65. The summed E-state index contributed by atoms with van der Waals surface area (Å²) in [6.45, 7) is 8.26. The van der Waals surface area contributed by atoms with E-state index in [4.69, 9.17) is 0 Å². The number of likely N-dealkylation sites (tertiary alicyclic amines) is 1. The van der Waals surface area contributed by atoms with Crippen LogP contribution >= 0.6 is 11.3 Å². The average molecular weight is 288 g/mol. The van der Waals surface area contributed by atoms with E-state index in [2.05, 4.69) is 54.4 Å². The second-order valence-electron chi connectivity index (χ2n) is 5.91. The maximum atomic E-state index is 3.71. The van der Waals surface area contributed by atoms with Crippen molar-refractivity contribution in [2.45, 2.75) is 38.8 Å². The van der Waals surface area contributed by atoms with Gasteiger partial charge in [0.2, 0.25) is 0 Å².